The molecule has 0 spiro atoms. The average Bonchev–Trinajstić information content (AvgIpc) is 2.95. The molecule has 0 aliphatic rings. The van der Waals surface area contributed by atoms with Crippen molar-refractivity contribution in [3.8, 4) is 0 Å². The third-order valence-electron chi connectivity index (χ3n) is 8.08. The van der Waals surface area contributed by atoms with E-state index >= 15 is 0 Å². The summed E-state index contributed by atoms with van der Waals surface area (Å²) in [7, 11) is 0. The van der Waals surface area contributed by atoms with E-state index < -0.39 is 17.7 Å². The second-order valence-electron chi connectivity index (χ2n) is 11.6. The molecule has 0 radical (unpaired) electrons. The van der Waals surface area contributed by atoms with E-state index in [9.17, 15) is 19.2 Å². The van der Waals surface area contributed by atoms with Crippen LogP contribution in [0.25, 0.3) is 0 Å². The molecule has 0 unspecified atom stereocenters. The molecule has 8 nitrogen and oxygen atoms in total. The SMILES string of the molecule is CCCCCCc1c(CCCCCC)c(C(=O)N(CCCCCC)CCCCCC)c(C(N)=O)c(C(N)=O)c1C(N)=O. The normalized spacial score (nSPS) is 11.0. The molecule has 1 rings (SSSR count). The number of nitrogens with zero attached hydrogens (tertiary/aromatic N) is 1. The molecule has 0 saturated heterocycles. The van der Waals surface area contributed by atoms with Crippen molar-refractivity contribution >= 4 is 23.6 Å². The molecule has 0 aliphatic carbocycles. The van der Waals surface area contributed by atoms with Gasteiger partial charge in [0.15, 0.2) is 0 Å². The van der Waals surface area contributed by atoms with E-state index in [1.807, 2.05) is 4.90 Å². The molecule has 0 fully saturated rings. The number of benzene rings is 1. The highest BCUT2D eigenvalue weighted by Gasteiger charge is 2.35. The summed E-state index contributed by atoms with van der Waals surface area (Å²) >= 11 is 0. The van der Waals surface area contributed by atoms with E-state index in [0.717, 1.165) is 103 Å². The largest absolute Gasteiger partial charge is 0.366 e. The fourth-order valence-electron chi connectivity index (χ4n) is 5.80. The molecule has 6 N–H and O–H groups in total. The van der Waals surface area contributed by atoms with Gasteiger partial charge in [-0.2, -0.15) is 0 Å². The Kier molecular flexibility index (Phi) is 18.5. The topological polar surface area (TPSA) is 150 Å². The summed E-state index contributed by atoms with van der Waals surface area (Å²) in [5, 5.41) is 0. The summed E-state index contributed by atoms with van der Waals surface area (Å²) in [5.41, 5.74) is 18.3. The highest BCUT2D eigenvalue weighted by atomic mass is 16.2. The molecule has 0 bridgehead atoms. The van der Waals surface area contributed by atoms with Crippen LogP contribution in [-0.2, 0) is 12.8 Å². The fraction of sp³-hybridized carbons (Fsp3) is 0.706. The van der Waals surface area contributed by atoms with Crippen molar-refractivity contribution in [1.82, 2.24) is 4.90 Å². The van der Waals surface area contributed by atoms with Gasteiger partial charge >= 0.3 is 0 Å². The molecule has 238 valence electrons. The Bertz CT molecular complexity index is 1010. The van der Waals surface area contributed by atoms with Crippen LogP contribution in [0.4, 0.5) is 0 Å². The van der Waals surface area contributed by atoms with Gasteiger partial charge in [0, 0.05) is 13.1 Å². The first-order valence-corrected chi connectivity index (χ1v) is 16.6. The van der Waals surface area contributed by atoms with E-state index in [-0.39, 0.29) is 28.2 Å². The number of nitrogens with two attached hydrogens (primary N) is 3. The van der Waals surface area contributed by atoms with Gasteiger partial charge in [0.25, 0.3) is 5.91 Å². The minimum atomic E-state index is -0.976. The fourth-order valence-corrected chi connectivity index (χ4v) is 5.80. The smallest absolute Gasteiger partial charge is 0.254 e. The molecular weight excluding hydrogens is 528 g/mol. The van der Waals surface area contributed by atoms with E-state index in [2.05, 4.69) is 27.7 Å². The van der Waals surface area contributed by atoms with Crippen molar-refractivity contribution < 1.29 is 19.2 Å². The number of carbonyl (C=O) groups excluding carboxylic acids is 4. The van der Waals surface area contributed by atoms with Gasteiger partial charge < -0.3 is 22.1 Å². The van der Waals surface area contributed by atoms with Gasteiger partial charge in [-0.3, -0.25) is 19.2 Å². The molecule has 0 atom stereocenters. The predicted octanol–water partition coefficient (Wildman–Crippen LogP) is 6.83. The second-order valence-corrected chi connectivity index (χ2v) is 11.6. The molecule has 4 amide bonds. The van der Waals surface area contributed by atoms with Crippen LogP contribution in [0, 0.1) is 0 Å². The first-order chi connectivity index (χ1) is 20.2. The molecule has 8 heteroatoms. The first kappa shape index (κ1) is 37.1. The Hall–Kier alpha value is -2.90. The van der Waals surface area contributed by atoms with E-state index in [1.165, 1.54) is 0 Å². The van der Waals surface area contributed by atoms with E-state index in [1.54, 1.807) is 0 Å². The number of hydrogen-bond acceptors (Lipinski definition) is 4. The molecular formula is C34H58N4O4. The van der Waals surface area contributed by atoms with E-state index in [4.69, 9.17) is 17.2 Å². The van der Waals surface area contributed by atoms with Crippen LogP contribution in [0.2, 0.25) is 0 Å². The molecule has 0 aliphatic heterocycles. The van der Waals surface area contributed by atoms with Gasteiger partial charge in [0.05, 0.1) is 22.3 Å². The van der Waals surface area contributed by atoms with Gasteiger partial charge in [-0.1, -0.05) is 105 Å². The van der Waals surface area contributed by atoms with Gasteiger partial charge in [0.2, 0.25) is 17.7 Å². The number of amides is 4. The van der Waals surface area contributed by atoms with Crippen LogP contribution in [0.3, 0.4) is 0 Å². The highest BCUT2D eigenvalue weighted by Crippen LogP contribution is 2.33. The molecule has 0 saturated carbocycles. The van der Waals surface area contributed by atoms with Crippen LogP contribution in [0.15, 0.2) is 0 Å². The Morgan fingerprint density at radius 2 is 0.786 bits per heavy atom. The van der Waals surface area contributed by atoms with Crippen molar-refractivity contribution in [3.05, 3.63) is 33.4 Å². The summed E-state index contributed by atoms with van der Waals surface area (Å²) in [6, 6.07) is 0. The molecule has 42 heavy (non-hydrogen) atoms. The van der Waals surface area contributed by atoms with Crippen LogP contribution in [0.1, 0.15) is 183 Å². The lowest BCUT2D eigenvalue weighted by molar-refractivity contribution is 0.0742. The minimum absolute atomic E-state index is 0.0488. The van der Waals surface area contributed by atoms with Crippen molar-refractivity contribution in [2.24, 2.45) is 17.2 Å². The van der Waals surface area contributed by atoms with Crippen molar-refractivity contribution in [2.75, 3.05) is 13.1 Å². The van der Waals surface area contributed by atoms with E-state index in [0.29, 0.717) is 37.1 Å². The zero-order chi connectivity index (χ0) is 31.5. The number of unbranched alkanes of at least 4 members (excludes halogenated alkanes) is 12. The zero-order valence-corrected chi connectivity index (χ0v) is 27.0. The number of primary amides is 3. The summed E-state index contributed by atoms with van der Waals surface area (Å²) in [6.45, 7) is 9.63. The molecule has 0 heterocycles. The number of carbonyl (C=O) groups is 4. The lowest BCUT2D eigenvalue weighted by Crippen LogP contribution is -2.38. The van der Waals surface area contributed by atoms with Gasteiger partial charge in [-0.25, -0.2) is 0 Å². The summed E-state index contributed by atoms with van der Waals surface area (Å²) in [6.07, 6.45) is 16.5. The van der Waals surface area contributed by atoms with Crippen molar-refractivity contribution in [3.63, 3.8) is 0 Å². The van der Waals surface area contributed by atoms with Crippen molar-refractivity contribution in [2.45, 2.75) is 143 Å². The quantitative estimate of drug-likeness (QED) is 0.114. The lowest BCUT2D eigenvalue weighted by Gasteiger charge is -2.28. The third-order valence-corrected chi connectivity index (χ3v) is 8.08. The standard InChI is InChI=1S/C34H58N4O4/c1-5-9-13-17-21-25-26(22-18-14-10-6-2)28(30(33(37)41)29(32(36)40)27(25)31(35)39)34(42)38(23-19-15-11-7-3)24-20-16-12-8-4/h5-24H2,1-4H3,(H2,35,39)(H2,36,40)(H2,37,41). The Morgan fingerprint density at radius 3 is 1.14 bits per heavy atom. The van der Waals surface area contributed by atoms with Crippen molar-refractivity contribution in [1.29, 1.82) is 0 Å². The zero-order valence-electron chi connectivity index (χ0n) is 27.0. The summed E-state index contributed by atoms with van der Waals surface area (Å²) in [5.74, 6) is -3.06. The lowest BCUT2D eigenvalue weighted by atomic mass is 9.81. The maximum absolute atomic E-state index is 14.5. The highest BCUT2D eigenvalue weighted by molar-refractivity contribution is 6.19. The average molecular weight is 587 g/mol. The Balaban J connectivity index is 3.96. The van der Waals surface area contributed by atoms with Gasteiger partial charge in [0.1, 0.15) is 0 Å². The minimum Gasteiger partial charge on any atom is -0.366 e. The summed E-state index contributed by atoms with van der Waals surface area (Å²) in [4.78, 5) is 55.3. The maximum Gasteiger partial charge on any atom is 0.254 e. The summed E-state index contributed by atoms with van der Waals surface area (Å²) < 4.78 is 0. The Labute approximate surface area is 254 Å². The van der Waals surface area contributed by atoms with Crippen LogP contribution in [-0.4, -0.2) is 41.6 Å². The predicted molar refractivity (Wildman–Crippen MR) is 172 cm³/mol. The Morgan fingerprint density at radius 1 is 0.452 bits per heavy atom. The molecule has 1 aromatic rings. The van der Waals surface area contributed by atoms with Crippen LogP contribution < -0.4 is 17.2 Å². The second kappa shape index (κ2) is 20.9. The van der Waals surface area contributed by atoms with Gasteiger partial charge in [-0.05, 0) is 49.7 Å². The third kappa shape index (κ3) is 11.4. The van der Waals surface area contributed by atoms with Crippen LogP contribution >= 0.6 is 0 Å². The number of rotatable bonds is 24. The molecule has 1 aromatic carbocycles. The maximum atomic E-state index is 14.5. The molecule has 0 aromatic heterocycles. The number of hydrogen-bond donors (Lipinski definition) is 3. The van der Waals surface area contributed by atoms with Gasteiger partial charge in [-0.15, -0.1) is 0 Å². The monoisotopic (exact) mass is 586 g/mol. The first-order valence-electron chi connectivity index (χ1n) is 16.6. The van der Waals surface area contributed by atoms with Crippen LogP contribution in [0.5, 0.6) is 0 Å².